The van der Waals surface area contributed by atoms with Gasteiger partial charge in [0, 0.05) is 31.9 Å². The molecule has 0 bridgehead atoms. The first-order valence-electron chi connectivity index (χ1n) is 9.27. The summed E-state index contributed by atoms with van der Waals surface area (Å²) in [5.41, 5.74) is 1.28. The van der Waals surface area contributed by atoms with Gasteiger partial charge in [-0.1, -0.05) is 18.7 Å². The molecule has 9 heteroatoms. The van der Waals surface area contributed by atoms with Crippen molar-refractivity contribution in [2.24, 2.45) is 0 Å². The number of likely N-dealkylation sites (N-methyl/N-ethyl adjacent to an activating group) is 1. The van der Waals surface area contributed by atoms with E-state index in [0.29, 0.717) is 18.7 Å². The van der Waals surface area contributed by atoms with Crippen molar-refractivity contribution in [3.63, 3.8) is 0 Å². The van der Waals surface area contributed by atoms with E-state index < -0.39 is 5.97 Å². The van der Waals surface area contributed by atoms with E-state index in [4.69, 9.17) is 4.74 Å². The van der Waals surface area contributed by atoms with Gasteiger partial charge in [-0.25, -0.2) is 4.79 Å². The molecule has 0 aliphatic carbocycles. The smallest absolute Gasteiger partial charge is 0.338 e. The van der Waals surface area contributed by atoms with Crippen LogP contribution in [0.2, 0.25) is 0 Å². The third-order valence-electron chi connectivity index (χ3n) is 4.84. The molecule has 0 spiro atoms. The Morgan fingerprint density at radius 3 is 2.39 bits per heavy atom. The summed E-state index contributed by atoms with van der Waals surface area (Å²) >= 11 is 1.50. The van der Waals surface area contributed by atoms with Gasteiger partial charge in [0.1, 0.15) is 5.82 Å². The lowest BCUT2D eigenvalue weighted by Gasteiger charge is -2.33. The lowest BCUT2D eigenvalue weighted by Crippen LogP contribution is -2.49. The van der Waals surface area contributed by atoms with Crippen LogP contribution in [-0.4, -0.2) is 82.0 Å². The zero-order valence-electron chi connectivity index (χ0n) is 16.4. The number of esters is 1. The molecule has 1 fully saturated rings. The number of aromatic nitrogens is 3. The third-order valence-corrected chi connectivity index (χ3v) is 5.47. The predicted octanol–water partition coefficient (Wildman–Crippen LogP) is 1.62. The van der Waals surface area contributed by atoms with Crippen molar-refractivity contribution in [2.75, 3.05) is 45.6 Å². The van der Waals surface area contributed by atoms with E-state index in [2.05, 4.69) is 22.0 Å². The standard InChI is InChI=1S/C19H25N5O3S/c1-4-22-9-11-23(12-10-22)17(25)13-27-18(26)15-5-7-16(8-6-15)24-14(2)20-21-19(24)28-3/h5-8H,4,9-13H2,1-3H3. The van der Waals surface area contributed by atoms with Gasteiger partial charge >= 0.3 is 5.97 Å². The Labute approximate surface area is 168 Å². The molecule has 0 radical (unpaired) electrons. The van der Waals surface area contributed by atoms with Crippen LogP contribution in [0.1, 0.15) is 23.1 Å². The Bertz CT molecular complexity index is 829. The van der Waals surface area contributed by atoms with Gasteiger partial charge in [-0.2, -0.15) is 0 Å². The molecule has 2 aromatic rings. The van der Waals surface area contributed by atoms with Crippen LogP contribution in [0, 0.1) is 6.92 Å². The van der Waals surface area contributed by atoms with E-state index in [-0.39, 0.29) is 12.5 Å². The van der Waals surface area contributed by atoms with Crippen LogP contribution >= 0.6 is 11.8 Å². The normalized spacial score (nSPS) is 14.9. The maximum Gasteiger partial charge on any atom is 0.338 e. The van der Waals surface area contributed by atoms with Crippen LogP contribution in [0.3, 0.4) is 0 Å². The number of benzene rings is 1. The van der Waals surface area contributed by atoms with E-state index in [1.54, 1.807) is 17.0 Å². The van der Waals surface area contributed by atoms with Crippen LogP contribution < -0.4 is 0 Å². The third kappa shape index (κ3) is 4.53. The van der Waals surface area contributed by atoms with Gasteiger partial charge in [-0.3, -0.25) is 9.36 Å². The molecule has 150 valence electrons. The summed E-state index contributed by atoms with van der Waals surface area (Å²) in [6, 6.07) is 7.01. The molecular formula is C19H25N5O3S. The van der Waals surface area contributed by atoms with Crippen LogP contribution in [0.4, 0.5) is 0 Å². The minimum atomic E-state index is -0.502. The topological polar surface area (TPSA) is 80.6 Å². The summed E-state index contributed by atoms with van der Waals surface area (Å²) in [4.78, 5) is 28.6. The van der Waals surface area contributed by atoms with Gasteiger partial charge < -0.3 is 14.5 Å². The second kappa shape index (κ2) is 9.20. The van der Waals surface area contributed by atoms with Gasteiger partial charge in [0.05, 0.1) is 5.56 Å². The molecule has 8 nitrogen and oxygen atoms in total. The van der Waals surface area contributed by atoms with Crippen molar-refractivity contribution in [2.45, 2.75) is 19.0 Å². The molecule has 1 aromatic heterocycles. The molecule has 1 amide bonds. The van der Waals surface area contributed by atoms with Crippen molar-refractivity contribution in [3.8, 4) is 5.69 Å². The van der Waals surface area contributed by atoms with Crippen molar-refractivity contribution in [1.29, 1.82) is 0 Å². The zero-order chi connectivity index (χ0) is 20.1. The fourth-order valence-corrected chi connectivity index (χ4v) is 3.68. The maximum absolute atomic E-state index is 12.3. The average Bonchev–Trinajstić information content (AvgIpc) is 3.12. The largest absolute Gasteiger partial charge is 0.452 e. The predicted molar refractivity (Wildman–Crippen MR) is 107 cm³/mol. The lowest BCUT2D eigenvalue weighted by molar-refractivity contribution is -0.136. The summed E-state index contributed by atoms with van der Waals surface area (Å²) in [5, 5.41) is 8.97. The Kier molecular flexibility index (Phi) is 6.69. The fourth-order valence-electron chi connectivity index (χ4n) is 3.13. The first-order valence-corrected chi connectivity index (χ1v) is 10.5. The van der Waals surface area contributed by atoms with Gasteiger partial charge in [0.2, 0.25) is 0 Å². The van der Waals surface area contributed by atoms with Crippen molar-refractivity contribution in [1.82, 2.24) is 24.6 Å². The molecule has 2 heterocycles. The van der Waals surface area contributed by atoms with E-state index in [9.17, 15) is 9.59 Å². The number of nitrogens with zero attached hydrogens (tertiary/aromatic N) is 5. The molecule has 0 unspecified atom stereocenters. The van der Waals surface area contributed by atoms with Crippen molar-refractivity contribution in [3.05, 3.63) is 35.7 Å². The number of hydrogen-bond donors (Lipinski definition) is 0. The molecule has 1 saturated heterocycles. The number of thioether (sulfide) groups is 1. The van der Waals surface area contributed by atoms with Crippen LogP contribution in [-0.2, 0) is 9.53 Å². The maximum atomic E-state index is 12.3. The first-order chi connectivity index (χ1) is 13.5. The van der Waals surface area contributed by atoms with Crippen molar-refractivity contribution >= 4 is 23.6 Å². The van der Waals surface area contributed by atoms with Gasteiger partial charge in [-0.05, 0) is 44.0 Å². The number of aryl methyl sites for hydroxylation is 1. The molecular weight excluding hydrogens is 378 g/mol. The molecule has 3 rings (SSSR count). The highest BCUT2D eigenvalue weighted by atomic mass is 32.2. The highest BCUT2D eigenvalue weighted by Gasteiger charge is 2.21. The lowest BCUT2D eigenvalue weighted by atomic mass is 10.2. The molecule has 0 saturated carbocycles. The summed E-state index contributed by atoms with van der Waals surface area (Å²) in [6.45, 7) is 7.81. The number of carbonyl (C=O) groups excluding carboxylic acids is 2. The number of piperazine rings is 1. The monoisotopic (exact) mass is 403 g/mol. The van der Waals surface area contributed by atoms with Crippen molar-refractivity contribution < 1.29 is 14.3 Å². The quantitative estimate of drug-likeness (QED) is 0.535. The highest BCUT2D eigenvalue weighted by Crippen LogP contribution is 2.20. The van der Waals surface area contributed by atoms with Gasteiger partial charge in [0.15, 0.2) is 11.8 Å². The summed E-state index contributed by atoms with van der Waals surface area (Å²) < 4.78 is 7.13. The van der Waals surface area contributed by atoms with Crippen LogP contribution in [0.5, 0.6) is 0 Å². The van der Waals surface area contributed by atoms with Crippen LogP contribution in [0.25, 0.3) is 5.69 Å². The number of amides is 1. The first kappa shape index (κ1) is 20.3. The molecule has 1 aliphatic heterocycles. The van der Waals surface area contributed by atoms with E-state index in [1.807, 2.05) is 29.9 Å². The average molecular weight is 404 g/mol. The molecule has 1 aromatic carbocycles. The Morgan fingerprint density at radius 2 is 1.79 bits per heavy atom. The molecule has 0 atom stereocenters. The number of rotatable bonds is 6. The SMILES string of the molecule is CCN1CCN(C(=O)COC(=O)c2ccc(-n3c(C)nnc3SC)cc2)CC1. The number of hydrogen-bond acceptors (Lipinski definition) is 7. The second-order valence-corrected chi connectivity index (χ2v) is 7.28. The van der Waals surface area contributed by atoms with Gasteiger partial charge in [0.25, 0.3) is 5.91 Å². The number of carbonyl (C=O) groups is 2. The molecule has 1 aliphatic rings. The number of ether oxygens (including phenoxy) is 1. The minimum Gasteiger partial charge on any atom is -0.452 e. The Balaban J connectivity index is 1.56. The Hall–Kier alpha value is -2.39. The summed E-state index contributed by atoms with van der Waals surface area (Å²) in [5.74, 6) is 0.122. The second-order valence-electron chi connectivity index (χ2n) is 6.51. The van der Waals surface area contributed by atoms with Gasteiger partial charge in [-0.15, -0.1) is 10.2 Å². The highest BCUT2D eigenvalue weighted by molar-refractivity contribution is 7.98. The van der Waals surface area contributed by atoms with Crippen LogP contribution in [0.15, 0.2) is 29.4 Å². The van der Waals surface area contributed by atoms with E-state index >= 15 is 0 Å². The zero-order valence-corrected chi connectivity index (χ0v) is 17.2. The van der Waals surface area contributed by atoms with E-state index in [1.165, 1.54) is 11.8 Å². The summed E-state index contributed by atoms with van der Waals surface area (Å²) in [6.07, 6.45) is 1.94. The minimum absolute atomic E-state index is 0.148. The molecule has 28 heavy (non-hydrogen) atoms. The van der Waals surface area contributed by atoms with E-state index in [0.717, 1.165) is 36.3 Å². The Morgan fingerprint density at radius 1 is 1.11 bits per heavy atom. The fraction of sp³-hybridized carbons (Fsp3) is 0.474. The summed E-state index contributed by atoms with van der Waals surface area (Å²) in [7, 11) is 0. The molecule has 0 N–H and O–H groups in total.